The minimum absolute atomic E-state index is 0. The molecule has 1 saturated heterocycles. The van der Waals surface area contributed by atoms with Crippen molar-refractivity contribution in [3.8, 4) is 0 Å². The summed E-state index contributed by atoms with van der Waals surface area (Å²) in [6.45, 7) is 7.20. The van der Waals surface area contributed by atoms with Gasteiger partial charge in [0, 0.05) is 27.6 Å². The molecule has 0 atom stereocenters. The lowest BCUT2D eigenvalue weighted by atomic mass is 10.1. The standard InChI is InChI=1S/C15H22N2O2.H2/c1-13-2-4-14(5-3-13)12-15(18)16-6-7-17-8-10-19-11-9-17;/h2-5H,6-12H2,1H3,(H,16,18);1H. The summed E-state index contributed by atoms with van der Waals surface area (Å²) >= 11 is 0. The summed E-state index contributed by atoms with van der Waals surface area (Å²) in [7, 11) is 0. The third-order valence-electron chi connectivity index (χ3n) is 3.34. The van der Waals surface area contributed by atoms with Crippen LogP contribution >= 0.6 is 0 Å². The van der Waals surface area contributed by atoms with Crippen LogP contribution in [0.15, 0.2) is 24.3 Å². The summed E-state index contributed by atoms with van der Waals surface area (Å²) in [5, 5.41) is 2.97. The van der Waals surface area contributed by atoms with Crippen molar-refractivity contribution in [3.63, 3.8) is 0 Å². The van der Waals surface area contributed by atoms with Crippen LogP contribution in [0.2, 0.25) is 0 Å². The zero-order valence-corrected chi connectivity index (χ0v) is 11.5. The van der Waals surface area contributed by atoms with Gasteiger partial charge in [0.2, 0.25) is 5.91 Å². The number of hydrogen-bond acceptors (Lipinski definition) is 3. The predicted molar refractivity (Wildman–Crippen MR) is 77.3 cm³/mol. The van der Waals surface area contributed by atoms with Gasteiger partial charge in [-0.25, -0.2) is 0 Å². The molecule has 0 saturated carbocycles. The smallest absolute Gasteiger partial charge is 0.224 e. The number of amides is 1. The van der Waals surface area contributed by atoms with Crippen molar-refractivity contribution in [2.75, 3.05) is 39.4 Å². The minimum atomic E-state index is 0. The van der Waals surface area contributed by atoms with Gasteiger partial charge in [-0.15, -0.1) is 0 Å². The molecular weight excluding hydrogens is 240 g/mol. The molecule has 19 heavy (non-hydrogen) atoms. The molecule has 1 aromatic carbocycles. The fourth-order valence-electron chi connectivity index (χ4n) is 2.13. The van der Waals surface area contributed by atoms with Crippen molar-refractivity contribution in [3.05, 3.63) is 35.4 Å². The molecule has 1 amide bonds. The Hall–Kier alpha value is -1.39. The quantitative estimate of drug-likeness (QED) is 0.870. The molecule has 0 aromatic heterocycles. The summed E-state index contributed by atoms with van der Waals surface area (Å²) < 4.78 is 5.29. The van der Waals surface area contributed by atoms with Gasteiger partial charge in [0.1, 0.15) is 0 Å². The lowest BCUT2D eigenvalue weighted by Crippen LogP contribution is -2.41. The van der Waals surface area contributed by atoms with Gasteiger partial charge in [0.25, 0.3) is 0 Å². The maximum Gasteiger partial charge on any atom is 0.224 e. The first-order chi connectivity index (χ1) is 9.24. The molecule has 4 nitrogen and oxygen atoms in total. The zero-order valence-electron chi connectivity index (χ0n) is 11.5. The van der Waals surface area contributed by atoms with Gasteiger partial charge in [0.05, 0.1) is 19.6 Å². The van der Waals surface area contributed by atoms with Gasteiger partial charge < -0.3 is 10.1 Å². The molecular formula is C15H24N2O2. The van der Waals surface area contributed by atoms with Crippen molar-refractivity contribution in [2.45, 2.75) is 13.3 Å². The molecule has 1 aliphatic rings. The van der Waals surface area contributed by atoms with Crippen LogP contribution in [0.5, 0.6) is 0 Å². The average Bonchev–Trinajstić information content (AvgIpc) is 2.43. The normalized spacial score (nSPS) is 16.3. The van der Waals surface area contributed by atoms with Crippen molar-refractivity contribution in [1.29, 1.82) is 0 Å². The molecule has 1 fully saturated rings. The molecule has 1 N–H and O–H groups in total. The fourth-order valence-corrected chi connectivity index (χ4v) is 2.13. The maximum absolute atomic E-state index is 11.8. The van der Waals surface area contributed by atoms with Gasteiger partial charge in [-0.2, -0.15) is 0 Å². The van der Waals surface area contributed by atoms with E-state index >= 15 is 0 Å². The van der Waals surface area contributed by atoms with E-state index < -0.39 is 0 Å². The highest BCUT2D eigenvalue weighted by Crippen LogP contribution is 2.03. The SMILES string of the molecule is Cc1ccc(CC(=O)NCCN2CCOCC2)cc1.[HH]. The Labute approximate surface area is 116 Å². The molecule has 2 rings (SSSR count). The van der Waals surface area contributed by atoms with Crippen molar-refractivity contribution < 1.29 is 11.0 Å². The monoisotopic (exact) mass is 264 g/mol. The largest absolute Gasteiger partial charge is 0.379 e. The zero-order chi connectivity index (χ0) is 13.5. The lowest BCUT2D eigenvalue weighted by molar-refractivity contribution is -0.120. The number of nitrogens with one attached hydrogen (secondary N) is 1. The van der Waals surface area contributed by atoms with Crippen LogP contribution < -0.4 is 5.32 Å². The first-order valence-corrected chi connectivity index (χ1v) is 6.86. The van der Waals surface area contributed by atoms with E-state index in [9.17, 15) is 4.79 Å². The number of rotatable bonds is 5. The number of aryl methyl sites for hydroxylation is 1. The lowest BCUT2D eigenvalue weighted by Gasteiger charge is -2.26. The van der Waals surface area contributed by atoms with E-state index in [2.05, 4.69) is 10.2 Å². The molecule has 106 valence electrons. The molecule has 1 heterocycles. The molecule has 0 radical (unpaired) electrons. The molecule has 1 aromatic rings. The minimum Gasteiger partial charge on any atom is -0.379 e. The number of hydrogen-bond donors (Lipinski definition) is 1. The Balaban J connectivity index is 0.00000200. The Kier molecular flexibility index (Phi) is 5.36. The van der Waals surface area contributed by atoms with Crippen LogP contribution in [0.3, 0.4) is 0 Å². The highest BCUT2D eigenvalue weighted by molar-refractivity contribution is 5.78. The van der Waals surface area contributed by atoms with E-state index in [0.717, 1.165) is 38.4 Å². The Morgan fingerprint density at radius 3 is 2.68 bits per heavy atom. The van der Waals surface area contributed by atoms with Crippen molar-refractivity contribution in [1.82, 2.24) is 10.2 Å². The number of carbonyl (C=O) groups is 1. The summed E-state index contributed by atoms with van der Waals surface area (Å²) in [6.07, 6.45) is 0.462. The first kappa shape index (κ1) is 14.0. The summed E-state index contributed by atoms with van der Waals surface area (Å²) in [6, 6.07) is 8.10. The van der Waals surface area contributed by atoms with E-state index in [0.29, 0.717) is 13.0 Å². The number of benzene rings is 1. The first-order valence-electron chi connectivity index (χ1n) is 6.86. The summed E-state index contributed by atoms with van der Waals surface area (Å²) in [4.78, 5) is 14.1. The number of morpholine rings is 1. The third-order valence-corrected chi connectivity index (χ3v) is 3.34. The predicted octanol–water partition coefficient (Wildman–Crippen LogP) is 1.23. The molecule has 0 unspecified atom stereocenters. The van der Waals surface area contributed by atoms with E-state index in [1.54, 1.807) is 0 Å². The van der Waals surface area contributed by atoms with Crippen LogP contribution in [-0.2, 0) is 16.0 Å². The van der Waals surface area contributed by atoms with E-state index in [1.807, 2.05) is 31.2 Å². The van der Waals surface area contributed by atoms with Crippen LogP contribution in [0.25, 0.3) is 0 Å². The van der Waals surface area contributed by atoms with Crippen LogP contribution in [0.1, 0.15) is 12.6 Å². The van der Waals surface area contributed by atoms with Crippen molar-refractivity contribution >= 4 is 5.91 Å². The fraction of sp³-hybridized carbons (Fsp3) is 0.533. The Bertz CT molecular complexity index is 403. The molecule has 1 aliphatic heterocycles. The highest BCUT2D eigenvalue weighted by Gasteiger charge is 2.10. The van der Waals surface area contributed by atoms with E-state index in [1.165, 1.54) is 5.56 Å². The molecule has 4 heteroatoms. The van der Waals surface area contributed by atoms with E-state index in [4.69, 9.17) is 4.74 Å². The van der Waals surface area contributed by atoms with Crippen LogP contribution in [0, 0.1) is 6.92 Å². The van der Waals surface area contributed by atoms with Gasteiger partial charge >= 0.3 is 0 Å². The Morgan fingerprint density at radius 2 is 2.00 bits per heavy atom. The second kappa shape index (κ2) is 7.26. The maximum atomic E-state index is 11.8. The molecule has 0 aliphatic carbocycles. The summed E-state index contributed by atoms with van der Waals surface area (Å²) in [5.41, 5.74) is 2.28. The van der Waals surface area contributed by atoms with E-state index in [-0.39, 0.29) is 7.33 Å². The average molecular weight is 264 g/mol. The van der Waals surface area contributed by atoms with Crippen LogP contribution in [0.4, 0.5) is 0 Å². The summed E-state index contributed by atoms with van der Waals surface area (Å²) in [5.74, 6) is 0.0945. The highest BCUT2D eigenvalue weighted by atomic mass is 16.5. The second-order valence-corrected chi connectivity index (χ2v) is 4.97. The molecule has 0 spiro atoms. The van der Waals surface area contributed by atoms with Crippen molar-refractivity contribution in [2.24, 2.45) is 0 Å². The third kappa shape index (κ3) is 5.01. The molecule has 0 bridgehead atoms. The Morgan fingerprint density at radius 1 is 1.32 bits per heavy atom. The van der Waals surface area contributed by atoms with Crippen LogP contribution in [-0.4, -0.2) is 50.2 Å². The number of carbonyl (C=O) groups excluding carboxylic acids is 1. The van der Waals surface area contributed by atoms with Gasteiger partial charge in [-0.05, 0) is 12.5 Å². The topological polar surface area (TPSA) is 41.6 Å². The number of ether oxygens (including phenoxy) is 1. The van der Waals surface area contributed by atoms with Gasteiger partial charge in [-0.3, -0.25) is 9.69 Å². The van der Waals surface area contributed by atoms with Gasteiger partial charge in [-0.1, -0.05) is 29.8 Å². The second-order valence-electron chi connectivity index (χ2n) is 4.97. The van der Waals surface area contributed by atoms with Gasteiger partial charge in [0.15, 0.2) is 0 Å². The number of nitrogens with zero attached hydrogens (tertiary/aromatic N) is 1.